The summed E-state index contributed by atoms with van der Waals surface area (Å²) in [5, 5.41) is 3.17. The average Bonchev–Trinajstić information content (AvgIpc) is 3.32. The molecule has 0 bridgehead atoms. The number of rotatable bonds is 6. The van der Waals surface area contributed by atoms with Gasteiger partial charge in [-0.15, -0.1) is 0 Å². The molecular weight excluding hydrogens is 471 g/mol. The van der Waals surface area contributed by atoms with Gasteiger partial charge in [0.25, 0.3) is 0 Å². The summed E-state index contributed by atoms with van der Waals surface area (Å²) >= 11 is 0. The summed E-state index contributed by atoms with van der Waals surface area (Å²) in [5.41, 5.74) is 1.72. The number of anilines is 2. The van der Waals surface area contributed by atoms with Gasteiger partial charge >= 0.3 is 6.18 Å². The molecule has 8 nitrogen and oxygen atoms in total. The lowest BCUT2D eigenvalue weighted by atomic mass is 10.1. The Morgan fingerprint density at radius 1 is 1.06 bits per heavy atom. The second kappa shape index (κ2) is 9.73. The first-order valence-electron chi connectivity index (χ1n) is 11.7. The van der Waals surface area contributed by atoms with Crippen molar-refractivity contribution < 1.29 is 17.9 Å². The number of halogens is 3. The summed E-state index contributed by atoms with van der Waals surface area (Å²) in [6, 6.07) is 9.19. The van der Waals surface area contributed by atoms with Crippen molar-refractivity contribution in [3.8, 4) is 11.4 Å². The van der Waals surface area contributed by atoms with Gasteiger partial charge in [-0.3, -0.25) is 0 Å². The van der Waals surface area contributed by atoms with Crippen molar-refractivity contribution in [2.24, 2.45) is 0 Å². The van der Waals surface area contributed by atoms with E-state index in [4.69, 9.17) is 9.72 Å². The maximum atomic E-state index is 13.1. The molecule has 0 unspecified atom stereocenters. The van der Waals surface area contributed by atoms with Crippen LogP contribution in [0.1, 0.15) is 31.0 Å². The van der Waals surface area contributed by atoms with Crippen LogP contribution in [0.25, 0.3) is 22.6 Å². The lowest BCUT2D eigenvalue weighted by Gasteiger charge is -2.27. The molecule has 0 saturated carbocycles. The number of hydrogen-bond donors (Lipinski definition) is 1. The van der Waals surface area contributed by atoms with E-state index in [9.17, 15) is 13.2 Å². The van der Waals surface area contributed by atoms with Crippen molar-refractivity contribution in [3.63, 3.8) is 0 Å². The Morgan fingerprint density at radius 3 is 2.56 bits per heavy atom. The Balaban J connectivity index is 1.47. The second-order valence-electron chi connectivity index (χ2n) is 8.87. The van der Waals surface area contributed by atoms with Gasteiger partial charge in [0.15, 0.2) is 17.3 Å². The van der Waals surface area contributed by atoms with Crippen LogP contribution in [0.15, 0.2) is 48.9 Å². The Labute approximate surface area is 206 Å². The summed E-state index contributed by atoms with van der Waals surface area (Å²) in [5.74, 6) is 1.76. The lowest BCUT2D eigenvalue weighted by molar-refractivity contribution is -0.137. The standard InChI is InChI=1S/C25H26F3N7O/c1-16(2)35-15-31-21-23(30-13-17-4-3-5-19(12-17)25(26,27)28)32-22(33-24(21)35)18-6-7-20(29-14-18)34-8-10-36-11-9-34/h3-7,12,14-16H,8-11,13H2,1-2H3,(H,30,32,33). The summed E-state index contributed by atoms with van der Waals surface area (Å²) in [6.45, 7) is 7.11. The zero-order valence-electron chi connectivity index (χ0n) is 20.0. The molecule has 4 aromatic rings. The van der Waals surface area contributed by atoms with E-state index in [1.54, 1.807) is 18.6 Å². The number of benzene rings is 1. The minimum absolute atomic E-state index is 0.107. The summed E-state index contributed by atoms with van der Waals surface area (Å²) < 4.78 is 46.8. The second-order valence-corrected chi connectivity index (χ2v) is 8.87. The molecule has 3 aromatic heterocycles. The molecule has 1 aliphatic rings. The van der Waals surface area contributed by atoms with E-state index >= 15 is 0 Å². The fourth-order valence-corrected chi connectivity index (χ4v) is 4.09. The van der Waals surface area contributed by atoms with Gasteiger partial charge in [0.1, 0.15) is 11.3 Å². The van der Waals surface area contributed by atoms with Crippen molar-refractivity contribution in [3.05, 3.63) is 60.0 Å². The van der Waals surface area contributed by atoms with Gasteiger partial charge in [-0.1, -0.05) is 12.1 Å². The van der Waals surface area contributed by atoms with E-state index in [-0.39, 0.29) is 12.6 Å². The Hall–Kier alpha value is -3.73. The average molecular weight is 498 g/mol. The third kappa shape index (κ3) is 4.97. The van der Waals surface area contributed by atoms with Crippen molar-refractivity contribution in [1.29, 1.82) is 0 Å². The van der Waals surface area contributed by atoms with Crippen LogP contribution in [0.2, 0.25) is 0 Å². The van der Waals surface area contributed by atoms with Crippen LogP contribution < -0.4 is 10.2 Å². The highest BCUT2D eigenvalue weighted by Gasteiger charge is 2.30. The highest BCUT2D eigenvalue weighted by molar-refractivity contribution is 5.85. The largest absolute Gasteiger partial charge is 0.416 e. The molecule has 0 atom stereocenters. The number of morpholine rings is 1. The van der Waals surface area contributed by atoms with E-state index in [1.165, 1.54) is 6.07 Å². The zero-order valence-corrected chi connectivity index (χ0v) is 20.0. The molecule has 0 radical (unpaired) electrons. The summed E-state index contributed by atoms with van der Waals surface area (Å²) in [4.78, 5) is 20.7. The topological polar surface area (TPSA) is 81.0 Å². The predicted molar refractivity (Wildman–Crippen MR) is 131 cm³/mol. The van der Waals surface area contributed by atoms with E-state index in [2.05, 4.69) is 25.2 Å². The number of alkyl halides is 3. The predicted octanol–water partition coefficient (Wildman–Crippen LogP) is 4.94. The van der Waals surface area contributed by atoms with Crippen molar-refractivity contribution in [1.82, 2.24) is 24.5 Å². The van der Waals surface area contributed by atoms with Gasteiger partial charge in [0, 0.05) is 37.4 Å². The molecule has 5 rings (SSSR count). The summed E-state index contributed by atoms with van der Waals surface area (Å²) in [7, 11) is 0. The van der Waals surface area contributed by atoms with Crippen molar-refractivity contribution in [2.45, 2.75) is 32.6 Å². The maximum absolute atomic E-state index is 13.1. The number of ether oxygens (including phenoxy) is 1. The smallest absolute Gasteiger partial charge is 0.378 e. The highest BCUT2D eigenvalue weighted by atomic mass is 19.4. The molecule has 1 aromatic carbocycles. The minimum atomic E-state index is -4.40. The minimum Gasteiger partial charge on any atom is -0.378 e. The normalized spacial score (nSPS) is 14.6. The highest BCUT2D eigenvalue weighted by Crippen LogP contribution is 2.30. The molecule has 1 fully saturated rings. The molecule has 1 aliphatic heterocycles. The molecule has 188 valence electrons. The van der Waals surface area contributed by atoms with Crippen LogP contribution in [0, 0.1) is 0 Å². The van der Waals surface area contributed by atoms with Crippen molar-refractivity contribution in [2.75, 3.05) is 36.5 Å². The van der Waals surface area contributed by atoms with Gasteiger partial charge in [-0.2, -0.15) is 13.2 Å². The molecule has 11 heteroatoms. The molecule has 0 spiro atoms. The number of pyridine rings is 1. The van der Waals surface area contributed by atoms with E-state index in [0.717, 1.165) is 36.6 Å². The molecule has 1 N–H and O–H groups in total. The van der Waals surface area contributed by atoms with Crippen LogP contribution in [-0.4, -0.2) is 50.8 Å². The number of fused-ring (bicyclic) bond motifs is 1. The van der Waals surface area contributed by atoms with E-state index < -0.39 is 11.7 Å². The van der Waals surface area contributed by atoms with Gasteiger partial charge in [0.05, 0.1) is 25.1 Å². The first kappa shape index (κ1) is 24.0. The van der Waals surface area contributed by atoms with E-state index in [1.807, 2.05) is 30.5 Å². The lowest BCUT2D eigenvalue weighted by Crippen LogP contribution is -2.36. The molecule has 4 heterocycles. The SMILES string of the molecule is CC(C)n1cnc2c(NCc3cccc(C(F)(F)F)c3)nc(-c3ccc(N4CCOCC4)nc3)nc21. The molecule has 36 heavy (non-hydrogen) atoms. The number of hydrogen-bond acceptors (Lipinski definition) is 7. The van der Waals surface area contributed by atoms with Crippen LogP contribution in [0.3, 0.4) is 0 Å². The van der Waals surface area contributed by atoms with Gasteiger partial charge in [-0.05, 0) is 43.7 Å². The molecule has 0 amide bonds. The number of nitrogens with one attached hydrogen (secondary N) is 1. The fraction of sp³-hybridized carbons (Fsp3) is 0.360. The third-order valence-corrected chi connectivity index (χ3v) is 6.03. The fourth-order valence-electron chi connectivity index (χ4n) is 4.09. The zero-order chi connectivity index (χ0) is 25.3. The number of imidazole rings is 1. The van der Waals surface area contributed by atoms with Gasteiger partial charge in [0.2, 0.25) is 0 Å². The number of aromatic nitrogens is 5. The van der Waals surface area contributed by atoms with Crippen molar-refractivity contribution >= 4 is 22.8 Å². The monoisotopic (exact) mass is 497 g/mol. The molecule has 1 saturated heterocycles. The third-order valence-electron chi connectivity index (χ3n) is 6.03. The maximum Gasteiger partial charge on any atom is 0.416 e. The first-order chi connectivity index (χ1) is 17.3. The van der Waals surface area contributed by atoms with Crippen LogP contribution in [0.4, 0.5) is 24.8 Å². The van der Waals surface area contributed by atoms with Crippen LogP contribution in [0.5, 0.6) is 0 Å². The summed E-state index contributed by atoms with van der Waals surface area (Å²) in [6.07, 6.45) is -0.969. The van der Waals surface area contributed by atoms with E-state index in [0.29, 0.717) is 41.6 Å². The Bertz CT molecular complexity index is 1350. The van der Waals surface area contributed by atoms with Gasteiger partial charge in [-0.25, -0.2) is 19.9 Å². The Kier molecular flexibility index (Phi) is 6.48. The Morgan fingerprint density at radius 2 is 1.86 bits per heavy atom. The molecule has 0 aliphatic carbocycles. The number of nitrogens with zero attached hydrogens (tertiary/aromatic N) is 6. The quantitative estimate of drug-likeness (QED) is 0.404. The molecular formula is C25H26F3N7O. The first-order valence-corrected chi connectivity index (χ1v) is 11.7. The van der Waals surface area contributed by atoms with Crippen LogP contribution >= 0.6 is 0 Å². The van der Waals surface area contributed by atoms with Gasteiger partial charge < -0.3 is 19.5 Å². The van der Waals surface area contributed by atoms with Crippen LogP contribution in [-0.2, 0) is 17.5 Å².